The number of nitrogens with zero attached hydrogens (tertiary/aromatic N) is 3. The molecule has 1 aliphatic rings. The van der Waals surface area contributed by atoms with Crippen LogP contribution in [0.25, 0.3) is 10.2 Å². The molecule has 0 bridgehead atoms. The number of fused-ring (bicyclic) bond motifs is 1. The van der Waals surface area contributed by atoms with Crippen LogP contribution >= 0.6 is 47.1 Å². The van der Waals surface area contributed by atoms with Crippen molar-refractivity contribution in [2.45, 2.75) is 4.90 Å². The van der Waals surface area contributed by atoms with E-state index in [4.69, 9.17) is 21.3 Å². The summed E-state index contributed by atoms with van der Waals surface area (Å²) in [5, 5.41) is 1.32. The molecule has 0 atom stereocenters. The Morgan fingerprint density at radius 2 is 1.93 bits per heavy atom. The van der Waals surface area contributed by atoms with Gasteiger partial charge in [0.2, 0.25) is 5.91 Å². The van der Waals surface area contributed by atoms with Gasteiger partial charge < -0.3 is 4.74 Å². The Kier molecular flexibility index (Phi) is 8.80. The summed E-state index contributed by atoms with van der Waals surface area (Å²) in [5.74, 6) is 0.429. The van der Waals surface area contributed by atoms with Crippen molar-refractivity contribution in [2.75, 3.05) is 50.0 Å². The van der Waals surface area contributed by atoms with Crippen molar-refractivity contribution in [1.29, 1.82) is 0 Å². The van der Waals surface area contributed by atoms with Crippen molar-refractivity contribution in [3.63, 3.8) is 0 Å². The van der Waals surface area contributed by atoms with Gasteiger partial charge in [-0.1, -0.05) is 47.2 Å². The van der Waals surface area contributed by atoms with Gasteiger partial charge in [0.25, 0.3) is 0 Å². The quantitative estimate of drug-likeness (QED) is 0.450. The molecule has 1 aliphatic heterocycles. The highest BCUT2D eigenvalue weighted by Gasteiger charge is 2.22. The number of aromatic nitrogens is 1. The first kappa shape index (κ1) is 23.3. The number of morpholine rings is 1. The van der Waals surface area contributed by atoms with E-state index in [0.29, 0.717) is 22.5 Å². The van der Waals surface area contributed by atoms with E-state index in [1.54, 1.807) is 11.8 Å². The molecule has 4 rings (SSSR count). The lowest BCUT2D eigenvalue weighted by Crippen LogP contribution is -2.43. The van der Waals surface area contributed by atoms with Crippen LogP contribution in [-0.4, -0.2) is 60.9 Å². The average molecular weight is 484 g/mol. The third kappa shape index (κ3) is 5.87. The Labute approximate surface area is 195 Å². The van der Waals surface area contributed by atoms with E-state index in [9.17, 15) is 4.79 Å². The molecule has 5 nitrogen and oxygen atoms in total. The lowest BCUT2D eigenvalue weighted by Gasteiger charge is -2.29. The highest BCUT2D eigenvalue weighted by Crippen LogP contribution is 2.33. The topological polar surface area (TPSA) is 45.7 Å². The monoisotopic (exact) mass is 483 g/mol. The van der Waals surface area contributed by atoms with Crippen LogP contribution in [0.2, 0.25) is 5.02 Å². The number of ether oxygens (including phenoxy) is 1. The van der Waals surface area contributed by atoms with Crippen molar-refractivity contribution >= 4 is 68.4 Å². The second-order valence-electron chi connectivity index (χ2n) is 6.68. The highest BCUT2D eigenvalue weighted by molar-refractivity contribution is 8.00. The number of hydrogen-bond acceptors (Lipinski definition) is 6. The number of carbonyl (C=O) groups excluding carboxylic acids is 1. The third-order valence-electron chi connectivity index (χ3n) is 4.74. The average Bonchev–Trinajstić information content (AvgIpc) is 3.19. The van der Waals surface area contributed by atoms with Crippen LogP contribution in [0.1, 0.15) is 0 Å². The zero-order valence-electron chi connectivity index (χ0n) is 16.3. The van der Waals surface area contributed by atoms with Crippen LogP contribution in [0.4, 0.5) is 5.13 Å². The molecule has 1 aromatic heterocycles. The second kappa shape index (κ2) is 11.3. The number of halogens is 2. The fraction of sp³-hybridized carbons (Fsp3) is 0.333. The van der Waals surface area contributed by atoms with Crippen LogP contribution in [0.5, 0.6) is 0 Å². The Hall–Kier alpha value is -1.35. The smallest absolute Gasteiger partial charge is 0.239 e. The number of rotatable bonds is 7. The van der Waals surface area contributed by atoms with Gasteiger partial charge in [-0.2, -0.15) is 0 Å². The number of anilines is 1. The van der Waals surface area contributed by atoms with Gasteiger partial charge in [-0.25, -0.2) is 4.98 Å². The van der Waals surface area contributed by atoms with Gasteiger partial charge in [-0.15, -0.1) is 24.2 Å². The number of carbonyl (C=O) groups is 1. The van der Waals surface area contributed by atoms with Crippen LogP contribution in [0.15, 0.2) is 53.4 Å². The zero-order chi connectivity index (χ0) is 20.1. The minimum absolute atomic E-state index is 0. The highest BCUT2D eigenvalue weighted by atomic mass is 35.5. The maximum absolute atomic E-state index is 13.1. The molecule has 160 valence electrons. The summed E-state index contributed by atoms with van der Waals surface area (Å²) in [4.78, 5) is 23.1. The number of para-hydroxylation sites is 1. The summed E-state index contributed by atoms with van der Waals surface area (Å²) in [6, 6.07) is 15.7. The molecule has 0 saturated carbocycles. The molecule has 0 aliphatic carbocycles. The van der Waals surface area contributed by atoms with Gasteiger partial charge in [0.05, 0.1) is 28.7 Å². The van der Waals surface area contributed by atoms with Crippen LogP contribution in [0.3, 0.4) is 0 Å². The van der Waals surface area contributed by atoms with Crippen LogP contribution in [-0.2, 0) is 9.53 Å². The first-order valence-corrected chi connectivity index (χ1v) is 11.7. The van der Waals surface area contributed by atoms with Crippen LogP contribution in [0, 0.1) is 0 Å². The lowest BCUT2D eigenvalue weighted by molar-refractivity contribution is -0.116. The number of thiazole rings is 1. The van der Waals surface area contributed by atoms with E-state index in [1.165, 1.54) is 11.3 Å². The van der Waals surface area contributed by atoms with Gasteiger partial charge >= 0.3 is 0 Å². The third-order valence-corrected chi connectivity index (χ3v) is 7.08. The molecule has 3 aromatic rings. The Balaban J connectivity index is 0.00000256. The number of hydrogen-bond donors (Lipinski definition) is 0. The number of amides is 1. The molecule has 1 amide bonds. The van der Waals surface area contributed by atoms with E-state index in [1.807, 2.05) is 53.4 Å². The Morgan fingerprint density at radius 1 is 1.17 bits per heavy atom. The second-order valence-corrected chi connectivity index (χ2v) is 9.15. The van der Waals surface area contributed by atoms with Gasteiger partial charge in [-0.3, -0.25) is 14.6 Å². The fourth-order valence-corrected chi connectivity index (χ4v) is 5.26. The summed E-state index contributed by atoms with van der Waals surface area (Å²) in [5.41, 5.74) is 0.758. The van der Waals surface area contributed by atoms with E-state index in [2.05, 4.69) is 4.90 Å². The Bertz CT molecular complexity index is 965. The molecule has 0 radical (unpaired) electrons. The molecule has 0 spiro atoms. The summed E-state index contributed by atoms with van der Waals surface area (Å²) in [6.07, 6.45) is 0. The van der Waals surface area contributed by atoms with E-state index in [0.717, 1.165) is 48.0 Å². The molecule has 2 aromatic carbocycles. The first-order valence-electron chi connectivity index (χ1n) is 9.54. The van der Waals surface area contributed by atoms with Crippen molar-refractivity contribution in [3.05, 3.63) is 53.6 Å². The maximum atomic E-state index is 13.1. The van der Waals surface area contributed by atoms with Crippen molar-refractivity contribution in [3.8, 4) is 0 Å². The molecular formula is C21H23Cl2N3O2S2. The van der Waals surface area contributed by atoms with Gasteiger partial charge in [-0.05, 0) is 24.3 Å². The molecule has 9 heteroatoms. The predicted octanol–water partition coefficient (Wildman–Crippen LogP) is 4.83. The van der Waals surface area contributed by atoms with Gasteiger partial charge in [0.1, 0.15) is 5.52 Å². The van der Waals surface area contributed by atoms with Crippen molar-refractivity contribution in [2.24, 2.45) is 0 Å². The summed E-state index contributed by atoms with van der Waals surface area (Å²) < 4.78 is 6.42. The molecule has 0 unspecified atom stereocenters. The maximum Gasteiger partial charge on any atom is 0.239 e. The zero-order valence-corrected chi connectivity index (χ0v) is 19.5. The predicted molar refractivity (Wildman–Crippen MR) is 129 cm³/mol. The van der Waals surface area contributed by atoms with Crippen molar-refractivity contribution in [1.82, 2.24) is 9.88 Å². The minimum atomic E-state index is 0. The van der Waals surface area contributed by atoms with E-state index >= 15 is 0 Å². The Morgan fingerprint density at radius 3 is 2.67 bits per heavy atom. The van der Waals surface area contributed by atoms with Gasteiger partial charge in [0, 0.05) is 31.1 Å². The van der Waals surface area contributed by atoms with Crippen molar-refractivity contribution < 1.29 is 9.53 Å². The van der Waals surface area contributed by atoms with Crippen LogP contribution < -0.4 is 4.90 Å². The fourth-order valence-electron chi connectivity index (χ4n) is 3.15. The molecule has 2 heterocycles. The molecule has 1 saturated heterocycles. The van der Waals surface area contributed by atoms with Gasteiger partial charge in [0.15, 0.2) is 5.13 Å². The number of thioether (sulfide) groups is 1. The molecule has 30 heavy (non-hydrogen) atoms. The SMILES string of the molecule is Cl.O=C(CSc1ccccc1)N(CCN1CCOCC1)c1nc2c(Cl)cccc2s1. The largest absolute Gasteiger partial charge is 0.379 e. The van der Waals surface area contributed by atoms with E-state index < -0.39 is 0 Å². The first-order chi connectivity index (χ1) is 14.2. The molecule has 0 N–H and O–H groups in total. The summed E-state index contributed by atoms with van der Waals surface area (Å²) in [6.45, 7) is 4.68. The van der Waals surface area contributed by atoms with E-state index in [-0.39, 0.29) is 18.3 Å². The normalized spacial score (nSPS) is 14.4. The molecular weight excluding hydrogens is 461 g/mol. The summed E-state index contributed by atoms with van der Waals surface area (Å²) in [7, 11) is 0. The lowest BCUT2D eigenvalue weighted by atomic mass is 10.3. The molecule has 1 fully saturated rings. The number of benzene rings is 2. The summed E-state index contributed by atoms with van der Waals surface area (Å²) >= 11 is 9.37. The standard InChI is InChI=1S/C21H22ClN3O2S2.ClH/c22-17-7-4-8-18-20(17)23-21(29-18)25(10-9-24-11-13-27-14-12-24)19(26)15-28-16-5-2-1-3-6-16;/h1-8H,9-15H2;1H. The minimum Gasteiger partial charge on any atom is -0.379 e.